The summed E-state index contributed by atoms with van der Waals surface area (Å²) in [6, 6.07) is 1.62. The molecule has 1 N–H and O–H groups in total. The summed E-state index contributed by atoms with van der Waals surface area (Å²) < 4.78 is 0. The highest BCUT2D eigenvalue weighted by molar-refractivity contribution is 4.89. The fourth-order valence-corrected chi connectivity index (χ4v) is 2.91. The summed E-state index contributed by atoms with van der Waals surface area (Å²) in [7, 11) is 0. The van der Waals surface area contributed by atoms with Crippen LogP contribution in [0.2, 0.25) is 0 Å². The van der Waals surface area contributed by atoms with Gasteiger partial charge in [0, 0.05) is 18.6 Å². The summed E-state index contributed by atoms with van der Waals surface area (Å²) in [5.41, 5.74) is 0. The van der Waals surface area contributed by atoms with Gasteiger partial charge in [0.1, 0.15) is 0 Å². The van der Waals surface area contributed by atoms with E-state index in [1.54, 1.807) is 0 Å². The van der Waals surface area contributed by atoms with Crippen molar-refractivity contribution in [2.75, 3.05) is 19.6 Å². The van der Waals surface area contributed by atoms with Gasteiger partial charge in [-0.25, -0.2) is 0 Å². The minimum absolute atomic E-state index is 0.711. The molecule has 15 heavy (non-hydrogen) atoms. The standard InChI is InChI=1S/C13H26N2/c1-10(2)13-9-15(6-4-5-14-13)12-7-11(3)8-12/h10-14H,4-9H2,1-3H3. The number of nitrogens with one attached hydrogen (secondary N) is 1. The first kappa shape index (κ1) is 11.4. The van der Waals surface area contributed by atoms with E-state index in [1.165, 1.54) is 38.9 Å². The molecule has 1 saturated heterocycles. The van der Waals surface area contributed by atoms with E-state index in [9.17, 15) is 0 Å². The van der Waals surface area contributed by atoms with Crippen LogP contribution in [0.25, 0.3) is 0 Å². The molecule has 2 heteroatoms. The number of hydrogen-bond donors (Lipinski definition) is 1. The quantitative estimate of drug-likeness (QED) is 0.751. The molecule has 0 spiro atoms. The zero-order valence-electron chi connectivity index (χ0n) is 10.5. The monoisotopic (exact) mass is 210 g/mol. The molecule has 2 rings (SSSR count). The third-order valence-electron chi connectivity index (χ3n) is 4.13. The first-order valence-electron chi connectivity index (χ1n) is 6.64. The van der Waals surface area contributed by atoms with Crippen LogP contribution >= 0.6 is 0 Å². The summed E-state index contributed by atoms with van der Waals surface area (Å²) in [6.45, 7) is 10.9. The van der Waals surface area contributed by atoms with Crippen LogP contribution in [0.1, 0.15) is 40.0 Å². The maximum atomic E-state index is 3.68. The molecule has 0 aromatic carbocycles. The predicted octanol–water partition coefficient (Wildman–Crippen LogP) is 2.10. The van der Waals surface area contributed by atoms with Gasteiger partial charge >= 0.3 is 0 Å². The number of nitrogens with zero attached hydrogens (tertiary/aromatic N) is 1. The lowest BCUT2D eigenvalue weighted by molar-refractivity contribution is 0.0803. The van der Waals surface area contributed by atoms with Gasteiger partial charge in [0.25, 0.3) is 0 Å². The summed E-state index contributed by atoms with van der Waals surface area (Å²) in [4.78, 5) is 2.74. The highest BCUT2D eigenvalue weighted by Crippen LogP contribution is 2.31. The van der Waals surface area contributed by atoms with Gasteiger partial charge in [0.15, 0.2) is 0 Å². The van der Waals surface area contributed by atoms with E-state index in [-0.39, 0.29) is 0 Å². The van der Waals surface area contributed by atoms with Crippen LogP contribution < -0.4 is 5.32 Å². The molecule has 1 aliphatic heterocycles. The first-order chi connectivity index (χ1) is 7.16. The van der Waals surface area contributed by atoms with Crippen molar-refractivity contribution < 1.29 is 0 Å². The van der Waals surface area contributed by atoms with E-state index in [4.69, 9.17) is 0 Å². The van der Waals surface area contributed by atoms with E-state index in [0.29, 0.717) is 6.04 Å². The summed E-state index contributed by atoms with van der Waals surface area (Å²) >= 11 is 0. The van der Waals surface area contributed by atoms with Crippen molar-refractivity contribution in [3.63, 3.8) is 0 Å². The van der Waals surface area contributed by atoms with Gasteiger partial charge in [0.05, 0.1) is 0 Å². The minimum atomic E-state index is 0.711. The van der Waals surface area contributed by atoms with Crippen LogP contribution in [-0.2, 0) is 0 Å². The summed E-state index contributed by atoms with van der Waals surface area (Å²) in [5, 5.41) is 3.68. The maximum absolute atomic E-state index is 3.68. The maximum Gasteiger partial charge on any atom is 0.0218 e. The largest absolute Gasteiger partial charge is 0.312 e. The van der Waals surface area contributed by atoms with Crippen molar-refractivity contribution in [1.82, 2.24) is 10.2 Å². The molecule has 88 valence electrons. The Hall–Kier alpha value is -0.0800. The average Bonchev–Trinajstić information content (AvgIpc) is 2.38. The third-order valence-corrected chi connectivity index (χ3v) is 4.13. The smallest absolute Gasteiger partial charge is 0.0218 e. The molecule has 1 saturated carbocycles. The Kier molecular flexibility index (Phi) is 3.68. The molecule has 0 amide bonds. The number of rotatable bonds is 2. The number of hydrogen-bond acceptors (Lipinski definition) is 2. The second-order valence-electron chi connectivity index (χ2n) is 5.88. The molecule has 1 atom stereocenters. The fraction of sp³-hybridized carbons (Fsp3) is 1.00. The van der Waals surface area contributed by atoms with E-state index >= 15 is 0 Å². The lowest BCUT2D eigenvalue weighted by Crippen LogP contribution is -2.49. The average molecular weight is 210 g/mol. The molecule has 2 nitrogen and oxygen atoms in total. The SMILES string of the molecule is CC1CC(N2CCCNC(C(C)C)C2)C1. The second kappa shape index (κ2) is 4.84. The molecule has 1 aliphatic carbocycles. The van der Waals surface area contributed by atoms with Crippen molar-refractivity contribution in [3.8, 4) is 0 Å². The molecule has 1 heterocycles. The first-order valence-corrected chi connectivity index (χ1v) is 6.64. The van der Waals surface area contributed by atoms with Crippen molar-refractivity contribution in [2.45, 2.75) is 52.1 Å². The van der Waals surface area contributed by atoms with Crippen molar-refractivity contribution in [2.24, 2.45) is 11.8 Å². The van der Waals surface area contributed by atoms with Gasteiger partial charge in [-0.1, -0.05) is 20.8 Å². The van der Waals surface area contributed by atoms with Crippen LogP contribution in [0.5, 0.6) is 0 Å². The summed E-state index contributed by atoms with van der Waals surface area (Å²) in [6.07, 6.45) is 4.20. The molecule has 0 aromatic heterocycles. The minimum Gasteiger partial charge on any atom is -0.312 e. The zero-order chi connectivity index (χ0) is 10.8. The lowest BCUT2D eigenvalue weighted by Gasteiger charge is -2.42. The highest BCUT2D eigenvalue weighted by atomic mass is 15.2. The Morgan fingerprint density at radius 2 is 2.00 bits per heavy atom. The summed E-state index contributed by atoms with van der Waals surface area (Å²) in [5.74, 6) is 1.74. The third kappa shape index (κ3) is 2.73. The van der Waals surface area contributed by atoms with Gasteiger partial charge in [-0.05, 0) is 44.2 Å². The van der Waals surface area contributed by atoms with Crippen molar-refractivity contribution in [3.05, 3.63) is 0 Å². The Balaban J connectivity index is 1.87. The molecule has 2 fully saturated rings. The molecular formula is C13H26N2. The van der Waals surface area contributed by atoms with E-state index < -0.39 is 0 Å². The van der Waals surface area contributed by atoms with Crippen LogP contribution in [0, 0.1) is 11.8 Å². The fourth-order valence-electron chi connectivity index (χ4n) is 2.91. The predicted molar refractivity (Wildman–Crippen MR) is 65.0 cm³/mol. The van der Waals surface area contributed by atoms with Gasteiger partial charge in [0.2, 0.25) is 0 Å². The van der Waals surface area contributed by atoms with Crippen LogP contribution in [-0.4, -0.2) is 36.6 Å². The van der Waals surface area contributed by atoms with Crippen molar-refractivity contribution in [1.29, 1.82) is 0 Å². The zero-order valence-corrected chi connectivity index (χ0v) is 10.5. The normalized spacial score (nSPS) is 38.8. The van der Waals surface area contributed by atoms with Crippen LogP contribution in [0.3, 0.4) is 0 Å². The second-order valence-corrected chi connectivity index (χ2v) is 5.88. The van der Waals surface area contributed by atoms with E-state index in [0.717, 1.165) is 17.9 Å². The van der Waals surface area contributed by atoms with E-state index in [2.05, 4.69) is 31.0 Å². The van der Waals surface area contributed by atoms with Gasteiger partial charge in [-0.2, -0.15) is 0 Å². The molecule has 0 aromatic rings. The Morgan fingerprint density at radius 3 is 2.60 bits per heavy atom. The Labute approximate surface area is 94.4 Å². The van der Waals surface area contributed by atoms with Crippen molar-refractivity contribution >= 4 is 0 Å². The molecule has 0 bridgehead atoms. The van der Waals surface area contributed by atoms with Crippen LogP contribution in [0.15, 0.2) is 0 Å². The Morgan fingerprint density at radius 1 is 1.27 bits per heavy atom. The van der Waals surface area contributed by atoms with Crippen LogP contribution in [0.4, 0.5) is 0 Å². The molecule has 2 aliphatic rings. The van der Waals surface area contributed by atoms with Gasteiger partial charge in [-0.15, -0.1) is 0 Å². The van der Waals surface area contributed by atoms with E-state index in [1.807, 2.05) is 0 Å². The molecule has 0 radical (unpaired) electrons. The van der Waals surface area contributed by atoms with Gasteiger partial charge < -0.3 is 5.32 Å². The topological polar surface area (TPSA) is 15.3 Å². The Bertz CT molecular complexity index is 197. The highest BCUT2D eigenvalue weighted by Gasteiger charge is 2.32. The lowest BCUT2D eigenvalue weighted by atomic mass is 9.80. The molecule has 1 unspecified atom stereocenters. The molecular weight excluding hydrogens is 184 g/mol. The van der Waals surface area contributed by atoms with Gasteiger partial charge in [-0.3, -0.25) is 4.90 Å².